The van der Waals surface area contributed by atoms with E-state index in [0.717, 1.165) is 23.9 Å². The molecule has 1 fully saturated rings. The Bertz CT molecular complexity index is 847. The van der Waals surface area contributed by atoms with Crippen molar-refractivity contribution < 1.29 is 9.53 Å². The second kappa shape index (κ2) is 5.95. The van der Waals surface area contributed by atoms with Crippen molar-refractivity contribution in [3.05, 3.63) is 42.5 Å². The van der Waals surface area contributed by atoms with E-state index in [9.17, 15) is 4.79 Å². The standard InChI is InChI=1S/C19H20N2O2/c22-19(20-13-5-1-2-6-13)12-23-14-9-10-16-15-7-3-4-8-17(15)21-18(16)11-14/h3-4,7-11,13,21H,1-2,5-6,12H2,(H,20,22). The van der Waals surface area contributed by atoms with Crippen molar-refractivity contribution in [2.45, 2.75) is 31.7 Å². The normalized spacial score (nSPS) is 15.3. The van der Waals surface area contributed by atoms with Crippen LogP contribution in [0.5, 0.6) is 5.75 Å². The number of fused-ring (bicyclic) bond motifs is 3. The van der Waals surface area contributed by atoms with E-state index < -0.39 is 0 Å². The molecule has 0 radical (unpaired) electrons. The molecule has 0 aliphatic heterocycles. The van der Waals surface area contributed by atoms with Gasteiger partial charge in [0.25, 0.3) is 5.91 Å². The highest BCUT2D eigenvalue weighted by atomic mass is 16.5. The summed E-state index contributed by atoms with van der Waals surface area (Å²) in [6.45, 7) is 0.0717. The van der Waals surface area contributed by atoms with Gasteiger partial charge < -0.3 is 15.0 Å². The second-order valence-corrected chi connectivity index (χ2v) is 6.22. The third-order valence-electron chi connectivity index (χ3n) is 4.57. The minimum atomic E-state index is -0.0337. The zero-order valence-electron chi connectivity index (χ0n) is 13.0. The molecule has 1 aliphatic carbocycles. The Kier molecular flexibility index (Phi) is 3.66. The molecule has 1 aliphatic rings. The maximum atomic E-state index is 11.9. The van der Waals surface area contributed by atoms with Gasteiger partial charge in [-0.2, -0.15) is 0 Å². The molecule has 2 aromatic carbocycles. The topological polar surface area (TPSA) is 54.1 Å². The average Bonchev–Trinajstić information content (AvgIpc) is 3.19. The van der Waals surface area contributed by atoms with E-state index in [4.69, 9.17) is 4.74 Å². The zero-order chi connectivity index (χ0) is 15.6. The number of hydrogen-bond donors (Lipinski definition) is 2. The van der Waals surface area contributed by atoms with Crippen molar-refractivity contribution in [1.82, 2.24) is 10.3 Å². The number of benzene rings is 2. The van der Waals surface area contributed by atoms with Gasteiger partial charge in [0.2, 0.25) is 0 Å². The van der Waals surface area contributed by atoms with Crippen LogP contribution in [0.3, 0.4) is 0 Å². The Morgan fingerprint density at radius 2 is 1.87 bits per heavy atom. The van der Waals surface area contributed by atoms with Crippen molar-refractivity contribution in [3.63, 3.8) is 0 Å². The second-order valence-electron chi connectivity index (χ2n) is 6.22. The van der Waals surface area contributed by atoms with Crippen LogP contribution in [0.15, 0.2) is 42.5 Å². The van der Waals surface area contributed by atoms with Crippen molar-refractivity contribution in [1.29, 1.82) is 0 Å². The first kappa shape index (κ1) is 14.1. The SMILES string of the molecule is O=C(COc1ccc2c(c1)[nH]c1ccccc12)NC1CCCC1. The van der Waals surface area contributed by atoms with Gasteiger partial charge in [-0.05, 0) is 31.0 Å². The van der Waals surface area contributed by atoms with Gasteiger partial charge in [0.1, 0.15) is 5.75 Å². The summed E-state index contributed by atoms with van der Waals surface area (Å²) in [5.41, 5.74) is 2.14. The van der Waals surface area contributed by atoms with Crippen LogP contribution in [0.2, 0.25) is 0 Å². The number of ether oxygens (including phenoxy) is 1. The molecule has 3 aromatic rings. The number of rotatable bonds is 4. The third kappa shape index (κ3) is 2.89. The van der Waals surface area contributed by atoms with Gasteiger partial charge in [-0.3, -0.25) is 4.79 Å². The van der Waals surface area contributed by atoms with E-state index in [1.807, 2.05) is 30.3 Å². The van der Waals surface area contributed by atoms with Crippen LogP contribution in [0, 0.1) is 0 Å². The van der Waals surface area contributed by atoms with Gasteiger partial charge in [0.05, 0.1) is 5.52 Å². The minimum Gasteiger partial charge on any atom is -0.484 e. The molecular weight excluding hydrogens is 288 g/mol. The summed E-state index contributed by atoms with van der Waals surface area (Å²) in [6.07, 6.45) is 4.60. The number of H-pyrrole nitrogens is 1. The summed E-state index contributed by atoms with van der Waals surface area (Å²) in [5.74, 6) is 0.680. The van der Waals surface area contributed by atoms with E-state index in [1.54, 1.807) is 0 Å². The van der Waals surface area contributed by atoms with Crippen LogP contribution in [-0.2, 0) is 4.79 Å². The van der Waals surface area contributed by atoms with Gasteiger partial charge in [0, 0.05) is 28.4 Å². The quantitative estimate of drug-likeness (QED) is 0.771. The summed E-state index contributed by atoms with van der Waals surface area (Å²) in [4.78, 5) is 15.3. The summed E-state index contributed by atoms with van der Waals surface area (Å²) in [5, 5.41) is 5.41. The predicted octanol–water partition coefficient (Wildman–Crippen LogP) is 3.76. The Morgan fingerprint density at radius 3 is 2.74 bits per heavy atom. The van der Waals surface area contributed by atoms with Gasteiger partial charge >= 0.3 is 0 Å². The van der Waals surface area contributed by atoms with Crippen LogP contribution in [0.4, 0.5) is 0 Å². The van der Waals surface area contributed by atoms with E-state index >= 15 is 0 Å². The summed E-state index contributed by atoms with van der Waals surface area (Å²) < 4.78 is 5.65. The molecule has 0 saturated heterocycles. The molecule has 0 unspecified atom stereocenters. The molecule has 4 rings (SSSR count). The molecule has 1 heterocycles. The Hall–Kier alpha value is -2.49. The number of amides is 1. The van der Waals surface area contributed by atoms with Crippen LogP contribution in [0.1, 0.15) is 25.7 Å². The number of carbonyl (C=O) groups is 1. The summed E-state index contributed by atoms with van der Waals surface area (Å²) >= 11 is 0. The fourth-order valence-electron chi connectivity index (χ4n) is 3.41. The lowest BCUT2D eigenvalue weighted by Crippen LogP contribution is -2.36. The van der Waals surface area contributed by atoms with Crippen molar-refractivity contribution in [2.75, 3.05) is 6.61 Å². The third-order valence-corrected chi connectivity index (χ3v) is 4.57. The largest absolute Gasteiger partial charge is 0.484 e. The number of hydrogen-bond acceptors (Lipinski definition) is 2. The highest BCUT2D eigenvalue weighted by molar-refractivity contribution is 6.07. The first-order valence-electron chi connectivity index (χ1n) is 8.22. The van der Waals surface area contributed by atoms with Gasteiger partial charge in [0.15, 0.2) is 6.61 Å². The van der Waals surface area contributed by atoms with Crippen LogP contribution >= 0.6 is 0 Å². The van der Waals surface area contributed by atoms with Crippen molar-refractivity contribution >= 4 is 27.7 Å². The Labute approximate surface area is 134 Å². The van der Waals surface area contributed by atoms with E-state index in [-0.39, 0.29) is 12.5 Å². The maximum Gasteiger partial charge on any atom is 0.258 e. The minimum absolute atomic E-state index is 0.0337. The highest BCUT2D eigenvalue weighted by Crippen LogP contribution is 2.28. The van der Waals surface area contributed by atoms with E-state index in [0.29, 0.717) is 11.8 Å². The van der Waals surface area contributed by atoms with Crippen LogP contribution in [-0.4, -0.2) is 23.5 Å². The molecule has 0 atom stereocenters. The maximum absolute atomic E-state index is 11.9. The predicted molar refractivity (Wildman–Crippen MR) is 91.7 cm³/mol. The number of para-hydroxylation sites is 1. The van der Waals surface area contributed by atoms with Crippen molar-refractivity contribution in [2.24, 2.45) is 0 Å². The Morgan fingerprint density at radius 1 is 1.09 bits per heavy atom. The molecule has 0 bridgehead atoms. The molecule has 1 aromatic heterocycles. The molecule has 1 saturated carbocycles. The Balaban J connectivity index is 1.46. The van der Waals surface area contributed by atoms with Gasteiger partial charge in [-0.15, -0.1) is 0 Å². The number of carbonyl (C=O) groups excluding carboxylic acids is 1. The summed E-state index contributed by atoms with van der Waals surface area (Å²) in [7, 11) is 0. The van der Waals surface area contributed by atoms with E-state index in [2.05, 4.69) is 22.4 Å². The first-order chi connectivity index (χ1) is 11.3. The first-order valence-corrected chi connectivity index (χ1v) is 8.22. The molecular formula is C19H20N2O2. The molecule has 4 heteroatoms. The van der Waals surface area contributed by atoms with Crippen molar-refractivity contribution in [3.8, 4) is 5.75 Å². The molecule has 23 heavy (non-hydrogen) atoms. The average molecular weight is 308 g/mol. The number of nitrogens with one attached hydrogen (secondary N) is 2. The lowest BCUT2D eigenvalue weighted by Gasteiger charge is -2.12. The molecule has 0 spiro atoms. The molecule has 1 amide bonds. The fourth-order valence-corrected chi connectivity index (χ4v) is 3.41. The number of aromatic nitrogens is 1. The summed E-state index contributed by atoms with van der Waals surface area (Å²) in [6, 6.07) is 14.5. The smallest absolute Gasteiger partial charge is 0.258 e. The van der Waals surface area contributed by atoms with Crippen LogP contribution in [0.25, 0.3) is 21.8 Å². The molecule has 4 nitrogen and oxygen atoms in total. The highest BCUT2D eigenvalue weighted by Gasteiger charge is 2.17. The van der Waals surface area contributed by atoms with Crippen LogP contribution < -0.4 is 10.1 Å². The number of aromatic amines is 1. The lowest BCUT2D eigenvalue weighted by molar-refractivity contribution is -0.123. The van der Waals surface area contributed by atoms with Gasteiger partial charge in [-0.25, -0.2) is 0 Å². The molecule has 2 N–H and O–H groups in total. The fraction of sp³-hybridized carbons (Fsp3) is 0.316. The lowest BCUT2D eigenvalue weighted by atomic mass is 10.1. The zero-order valence-corrected chi connectivity index (χ0v) is 13.0. The monoisotopic (exact) mass is 308 g/mol. The van der Waals surface area contributed by atoms with Gasteiger partial charge in [-0.1, -0.05) is 31.0 Å². The molecule has 118 valence electrons. The van der Waals surface area contributed by atoms with E-state index in [1.165, 1.54) is 23.6 Å².